The van der Waals surface area contributed by atoms with Crippen molar-refractivity contribution in [2.24, 2.45) is 7.05 Å². The molecule has 0 fully saturated rings. The summed E-state index contributed by atoms with van der Waals surface area (Å²) < 4.78 is 1.91. The van der Waals surface area contributed by atoms with Crippen molar-refractivity contribution in [2.45, 2.75) is 0 Å². The van der Waals surface area contributed by atoms with Crippen LogP contribution in [0.2, 0.25) is 0 Å². The number of nitrogens with two attached hydrogens (primary N) is 1. The van der Waals surface area contributed by atoms with E-state index in [0.717, 1.165) is 22.2 Å². The lowest BCUT2D eigenvalue weighted by molar-refractivity contribution is 0.946. The van der Waals surface area contributed by atoms with Gasteiger partial charge in [0.1, 0.15) is 11.3 Å². The van der Waals surface area contributed by atoms with Crippen LogP contribution < -0.4 is 5.73 Å². The number of pyridine rings is 1. The van der Waals surface area contributed by atoms with Gasteiger partial charge >= 0.3 is 0 Å². The first-order chi connectivity index (χ1) is 9.25. The van der Waals surface area contributed by atoms with E-state index >= 15 is 0 Å². The molecule has 0 amide bonds. The zero-order valence-electron chi connectivity index (χ0n) is 10.5. The van der Waals surface area contributed by atoms with Gasteiger partial charge in [-0.25, -0.2) is 9.97 Å². The maximum atomic E-state index is 5.92. The van der Waals surface area contributed by atoms with E-state index in [9.17, 15) is 0 Å². The molecule has 2 aromatic heterocycles. The second-order valence-electron chi connectivity index (χ2n) is 4.22. The minimum atomic E-state index is 0.430. The smallest absolute Gasteiger partial charge is 0.141 e. The van der Waals surface area contributed by atoms with E-state index in [0.29, 0.717) is 5.82 Å². The Morgan fingerprint density at radius 2 is 1.89 bits per heavy atom. The summed E-state index contributed by atoms with van der Waals surface area (Å²) in [6.07, 6.45) is 3.40. The fraction of sp³-hybridized carbons (Fsp3) is 0.0667. The molecule has 4 heteroatoms. The predicted octanol–water partition coefficient (Wildman–Crippen LogP) is 1.95. The summed E-state index contributed by atoms with van der Waals surface area (Å²) in [5.74, 6) is 6.63. The molecule has 2 heterocycles. The zero-order chi connectivity index (χ0) is 13.2. The lowest BCUT2D eigenvalue weighted by Gasteiger charge is -2.01. The molecular weight excluding hydrogens is 236 g/mol. The van der Waals surface area contributed by atoms with Gasteiger partial charge < -0.3 is 10.3 Å². The van der Waals surface area contributed by atoms with E-state index < -0.39 is 0 Å². The SMILES string of the molecule is Cn1cnc2cnc(N)c(C#Cc3ccccc3)c21. The van der Waals surface area contributed by atoms with Crippen LogP contribution in [0.4, 0.5) is 5.82 Å². The third kappa shape index (κ3) is 2.02. The van der Waals surface area contributed by atoms with Crippen molar-refractivity contribution >= 4 is 16.9 Å². The van der Waals surface area contributed by atoms with Crippen molar-refractivity contribution in [2.75, 3.05) is 5.73 Å². The molecule has 2 N–H and O–H groups in total. The van der Waals surface area contributed by atoms with Crippen molar-refractivity contribution in [1.29, 1.82) is 0 Å². The molecule has 4 nitrogen and oxygen atoms in total. The normalized spacial score (nSPS) is 10.2. The van der Waals surface area contributed by atoms with Gasteiger partial charge in [0.05, 0.1) is 23.6 Å². The third-order valence-electron chi connectivity index (χ3n) is 2.89. The number of aromatic nitrogens is 3. The predicted molar refractivity (Wildman–Crippen MR) is 75.3 cm³/mol. The average Bonchev–Trinajstić information content (AvgIpc) is 2.81. The topological polar surface area (TPSA) is 56.7 Å². The van der Waals surface area contributed by atoms with Crippen molar-refractivity contribution in [3.8, 4) is 11.8 Å². The van der Waals surface area contributed by atoms with Crippen molar-refractivity contribution in [3.05, 3.63) is 54.0 Å². The van der Waals surface area contributed by atoms with Gasteiger partial charge in [-0.15, -0.1) is 0 Å². The van der Waals surface area contributed by atoms with Crippen molar-refractivity contribution in [3.63, 3.8) is 0 Å². The van der Waals surface area contributed by atoms with Gasteiger partial charge in [0, 0.05) is 12.6 Å². The Labute approximate surface area is 110 Å². The molecule has 0 bridgehead atoms. The molecule has 0 spiro atoms. The van der Waals surface area contributed by atoms with Crippen LogP contribution in [0.25, 0.3) is 11.0 Å². The summed E-state index contributed by atoms with van der Waals surface area (Å²) in [5, 5.41) is 0. The molecule has 1 aromatic carbocycles. The second-order valence-corrected chi connectivity index (χ2v) is 4.22. The number of benzene rings is 1. The monoisotopic (exact) mass is 248 g/mol. The Hall–Kier alpha value is -2.80. The highest BCUT2D eigenvalue weighted by Crippen LogP contribution is 2.19. The van der Waals surface area contributed by atoms with Crippen LogP contribution in [0.15, 0.2) is 42.9 Å². The van der Waals surface area contributed by atoms with Gasteiger partial charge in [0.2, 0.25) is 0 Å². The minimum Gasteiger partial charge on any atom is -0.383 e. The van der Waals surface area contributed by atoms with Crippen LogP contribution in [-0.4, -0.2) is 14.5 Å². The molecule has 0 radical (unpaired) electrons. The van der Waals surface area contributed by atoms with E-state index in [4.69, 9.17) is 5.73 Å². The number of rotatable bonds is 0. The van der Waals surface area contributed by atoms with Crippen molar-refractivity contribution < 1.29 is 0 Å². The number of hydrogen-bond acceptors (Lipinski definition) is 3. The van der Waals surface area contributed by atoms with Gasteiger partial charge in [-0.3, -0.25) is 0 Å². The average molecular weight is 248 g/mol. The third-order valence-corrected chi connectivity index (χ3v) is 2.89. The van der Waals surface area contributed by atoms with Crippen LogP contribution in [0.5, 0.6) is 0 Å². The molecule has 0 saturated carbocycles. The van der Waals surface area contributed by atoms with E-state index in [-0.39, 0.29) is 0 Å². The first kappa shape index (κ1) is 11.3. The Morgan fingerprint density at radius 1 is 1.11 bits per heavy atom. The lowest BCUT2D eigenvalue weighted by Crippen LogP contribution is -1.98. The Bertz CT molecular complexity index is 791. The summed E-state index contributed by atoms with van der Waals surface area (Å²) in [5.41, 5.74) is 9.31. The Kier molecular flexibility index (Phi) is 2.66. The summed E-state index contributed by atoms with van der Waals surface area (Å²) in [4.78, 5) is 8.38. The zero-order valence-corrected chi connectivity index (χ0v) is 10.5. The standard InChI is InChI=1S/C15H12N4/c1-19-10-18-13-9-17-15(16)12(14(13)19)8-7-11-5-3-2-4-6-11/h2-6,9-10H,1H3,(H2,16,17). The van der Waals surface area contributed by atoms with Gasteiger partial charge in [0.25, 0.3) is 0 Å². The van der Waals surface area contributed by atoms with Crippen LogP contribution >= 0.6 is 0 Å². The van der Waals surface area contributed by atoms with Crippen molar-refractivity contribution in [1.82, 2.24) is 14.5 Å². The largest absolute Gasteiger partial charge is 0.383 e. The summed E-state index contributed by atoms with van der Waals surface area (Å²) in [7, 11) is 1.92. The Balaban J connectivity index is 2.18. The number of aryl methyl sites for hydroxylation is 1. The summed E-state index contributed by atoms with van der Waals surface area (Å²) in [6.45, 7) is 0. The van der Waals surface area contributed by atoms with Crippen LogP contribution in [0, 0.1) is 11.8 Å². The van der Waals surface area contributed by atoms with Crippen LogP contribution in [0.3, 0.4) is 0 Å². The molecule has 92 valence electrons. The van der Waals surface area contributed by atoms with Crippen LogP contribution in [0.1, 0.15) is 11.1 Å². The van der Waals surface area contributed by atoms with E-state index in [1.807, 2.05) is 41.9 Å². The highest BCUT2D eigenvalue weighted by molar-refractivity contribution is 5.85. The number of anilines is 1. The summed E-state index contributed by atoms with van der Waals surface area (Å²) in [6, 6.07) is 9.79. The molecule has 19 heavy (non-hydrogen) atoms. The maximum Gasteiger partial charge on any atom is 0.141 e. The molecule has 0 atom stereocenters. The quantitative estimate of drug-likeness (QED) is 0.619. The number of hydrogen-bond donors (Lipinski definition) is 1. The molecule has 3 aromatic rings. The molecule has 0 saturated heterocycles. The highest BCUT2D eigenvalue weighted by atomic mass is 15.0. The molecule has 0 aliphatic carbocycles. The van der Waals surface area contributed by atoms with Gasteiger partial charge in [-0.05, 0) is 12.1 Å². The molecular formula is C15H12N4. The second kappa shape index (κ2) is 4.46. The molecule has 0 aliphatic rings. The first-order valence-corrected chi connectivity index (χ1v) is 5.88. The van der Waals surface area contributed by atoms with E-state index in [1.54, 1.807) is 12.5 Å². The number of fused-ring (bicyclic) bond motifs is 1. The molecule has 0 aliphatic heterocycles. The van der Waals surface area contributed by atoms with Crippen LogP contribution in [-0.2, 0) is 7.05 Å². The van der Waals surface area contributed by atoms with Gasteiger partial charge in [0.15, 0.2) is 0 Å². The number of nitrogens with zero attached hydrogens (tertiary/aromatic N) is 3. The fourth-order valence-electron chi connectivity index (χ4n) is 1.94. The number of nitrogen functional groups attached to an aromatic ring is 1. The Morgan fingerprint density at radius 3 is 2.68 bits per heavy atom. The molecule has 0 unspecified atom stereocenters. The first-order valence-electron chi connectivity index (χ1n) is 5.88. The van der Waals surface area contributed by atoms with Gasteiger partial charge in [-0.2, -0.15) is 0 Å². The number of imidazole rings is 1. The summed E-state index contributed by atoms with van der Waals surface area (Å²) >= 11 is 0. The van der Waals surface area contributed by atoms with Gasteiger partial charge in [-0.1, -0.05) is 30.0 Å². The van der Waals surface area contributed by atoms with E-state index in [1.165, 1.54) is 0 Å². The van der Waals surface area contributed by atoms with E-state index in [2.05, 4.69) is 21.8 Å². The maximum absolute atomic E-state index is 5.92. The fourth-order valence-corrected chi connectivity index (χ4v) is 1.94. The lowest BCUT2D eigenvalue weighted by atomic mass is 10.2. The highest BCUT2D eigenvalue weighted by Gasteiger charge is 2.08. The minimum absolute atomic E-state index is 0.430. The molecule has 3 rings (SSSR count).